The molecular formula is C29H37NO3. The first kappa shape index (κ1) is 22.6. The molecule has 176 valence electrons. The summed E-state index contributed by atoms with van der Waals surface area (Å²) in [6, 6.07) is 0. The highest BCUT2D eigenvalue weighted by molar-refractivity contribution is 6.06. The highest BCUT2D eigenvalue weighted by Gasteiger charge is 2.66. The maximum Gasteiger partial charge on any atom is 0.235 e. The molecule has 0 aliphatic heterocycles. The van der Waals surface area contributed by atoms with Gasteiger partial charge in [-0.05, 0) is 98.2 Å². The van der Waals surface area contributed by atoms with E-state index in [1.807, 2.05) is 13.0 Å². The van der Waals surface area contributed by atoms with E-state index in [-0.39, 0.29) is 38.7 Å². The summed E-state index contributed by atoms with van der Waals surface area (Å²) in [5.74, 6) is 0.0811. The van der Waals surface area contributed by atoms with E-state index in [0.29, 0.717) is 11.5 Å². The third kappa shape index (κ3) is 2.74. The molecule has 0 bridgehead atoms. The minimum absolute atomic E-state index is 0.00362. The van der Waals surface area contributed by atoms with Crippen LogP contribution in [-0.4, -0.2) is 22.5 Å². The van der Waals surface area contributed by atoms with E-state index in [1.54, 1.807) is 6.08 Å². The Morgan fingerprint density at radius 2 is 1.70 bits per heavy atom. The number of rotatable bonds is 1. The molecule has 5 aliphatic rings. The number of allylic oxidation sites excluding steroid dienone is 7. The lowest BCUT2D eigenvalue weighted by atomic mass is 9.35. The second-order valence-electron chi connectivity index (χ2n) is 12.7. The van der Waals surface area contributed by atoms with E-state index in [0.717, 1.165) is 49.7 Å². The van der Waals surface area contributed by atoms with Crippen molar-refractivity contribution in [2.24, 2.45) is 32.6 Å². The number of hydrogen-bond donors (Lipinski definition) is 1. The fraction of sp³-hybridized carbons (Fsp3) is 0.655. The van der Waals surface area contributed by atoms with Crippen LogP contribution in [0.3, 0.4) is 0 Å². The number of hydrogen-bond acceptors (Lipinski definition) is 4. The molecule has 0 heterocycles. The Bertz CT molecular complexity index is 1130. The van der Waals surface area contributed by atoms with Crippen LogP contribution in [0.5, 0.6) is 0 Å². The van der Waals surface area contributed by atoms with Crippen molar-refractivity contribution < 1.29 is 14.7 Å². The average molecular weight is 448 g/mol. The third-order valence-corrected chi connectivity index (χ3v) is 11.2. The van der Waals surface area contributed by atoms with Gasteiger partial charge in [-0.2, -0.15) is 4.99 Å². The van der Waals surface area contributed by atoms with E-state index in [9.17, 15) is 14.7 Å². The minimum atomic E-state index is -0.320. The average Bonchev–Trinajstić information content (AvgIpc) is 2.76. The molecule has 4 heteroatoms. The maximum atomic E-state index is 12.6. The van der Waals surface area contributed by atoms with Gasteiger partial charge >= 0.3 is 0 Å². The number of carbonyl (C=O) groups excluding carboxylic acids is 2. The summed E-state index contributed by atoms with van der Waals surface area (Å²) in [6.07, 6.45) is 15.4. The van der Waals surface area contributed by atoms with Gasteiger partial charge in [0.25, 0.3) is 0 Å². The van der Waals surface area contributed by atoms with Gasteiger partial charge in [0.1, 0.15) is 0 Å². The van der Waals surface area contributed by atoms with Gasteiger partial charge in [0.15, 0.2) is 5.76 Å². The molecule has 0 aromatic rings. The molecular weight excluding hydrogens is 410 g/mol. The molecule has 6 atom stereocenters. The van der Waals surface area contributed by atoms with Crippen molar-refractivity contribution in [2.75, 3.05) is 0 Å². The quantitative estimate of drug-likeness (QED) is 0.359. The smallest absolute Gasteiger partial charge is 0.235 e. The van der Waals surface area contributed by atoms with Crippen molar-refractivity contribution in [1.82, 2.24) is 0 Å². The lowest BCUT2D eigenvalue weighted by Gasteiger charge is -2.69. The molecule has 0 aromatic heterocycles. The van der Waals surface area contributed by atoms with E-state index in [2.05, 4.69) is 51.8 Å². The maximum absolute atomic E-state index is 12.6. The molecule has 0 spiro atoms. The molecule has 33 heavy (non-hydrogen) atoms. The number of carbonyl (C=O) groups is 1. The zero-order valence-electron chi connectivity index (χ0n) is 21.0. The minimum Gasteiger partial charge on any atom is -0.504 e. The summed E-state index contributed by atoms with van der Waals surface area (Å²) in [7, 11) is 0. The van der Waals surface area contributed by atoms with Crippen molar-refractivity contribution in [2.45, 2.75) is 92.0 Å². The van der Waals surface area contributed by atoms with Gasteiger partial charge in [0, 0.05) is 11.0 Å². The van der Waals surface area contributed by atoms with Crippen LogP contribution in [0.15, 0.2) is 51.3 Å². The monoisotopic (exact) mass is 447 g/mol. The van der Waals surface area contributed by atoms with Crippen molar-refractivity contribution in [3.63, 3.8) is 0 Å². The van der Waals surface area contributed by atoms with E-state index in [1.165, 1.54) is 12.0 Å². The lowest BCUT2D eigenvalue weighted by Crippen LogP contribution is -2.62. The fourth-order valence-electron chi connectivity index (χ4n) is 8.65. The molecule has 5 aliphatic carbocycles. The van der Waals surface area contributed by atoms with Gasteiger partial charge in [-0.15, -0.1) is 0 Å². The predicted octanol–water partition coefficient (Wildman–Crippen LogP) is 6.70. The number of aliphatic imine (C=N–C) groups is 1. The van der Waals surface area contributed by atoms with Crippen LogP contribution >= 0.6 is 0 Å². The van der Waals surface area contributed by atoms with Crippen molar-refractivity contribution in [1.29, 1.82) is 0 Å². The molecule has 1 N–H and O–H groups in total. The van der Waals surface area contributed by atoms with Gasteiger partial charge in [0.2, 0.25) is 11.9 Å². The Hall–Kier alpha value is -2.19. The summed E-state index contributed by atoms with van der Waals surface area (Å²) < 4.78 is 0. The van der Waals surface area contributed by atoms with Crippen LogP contribution in [0.1, 0.15) is 86.5 Å². The molecule has 0 aromatic carbocycles. The Labute approximate surface area is 197 Å². The molecule has 3 fully saturated rings. The van der Waals surface area contributed by atoms with Gasteiger partial charge in [0.05, 0.1) is 5.54 Å². The van der Waals surface area contributed by atoms with Gasteiger partial charge in [-0.3, -0.25) is 4.79 Å². The normalized spacial score (nSPS) is 46.5. The highest BCUT2D eigenvalue weighted by atomic mass is 16.3. The Morgan fingerprint density at radius 3 is 2.39 bits per heavy atom. The molecule has 4 nitrogen and oxygen atoms in total. The van der Waals surface area contributed by atoms with Gasteiger partial charge in [-0.1, -0.05) is 45.4 Å². The molecule has 0 amide bonds. The first-order chi connectivity index (χ1) is 15.3. The number of isocyanates is 1. The number of fused-ring (bicyclic) bond motifs is 7. The molecule has 3 saturated carbocycles. The van der Waals surface area contributed by atoms with Crippen LogP contribution in [0.25, 0.3) is 0 Å². The predicted molar refractivity (Wildman–Crippen MR) is 129 cm³/mol. The van der Waals surface area contributed by atoms with Crippen LogP contribution in [0.4, 0.5) is 0 Å². The molecule has 5 rings (SSSR count). The topological polar surface area (TPSA) is 66.7 Å². The van der Waals surface area contributed by atoms with E-state index < -0.39 is 0 Å². The van der Waals surface area contributed by atoms with E-state index in [4.69, 9.17) is 0 Å². The highest BCUT2D eigenvalue weighted by Crippen LogP contribution is 2.75. The summed E-state index contributed by atoms with van der Waals surface area (Å²) in [6.45, 7) is 13.7. The van der Waals surface area contributed by atoms with Crippen LogP contribution in [-0.2, 0) is 9.59 Å². The second-order valence-corrected chi connectivity index (χ2v) is 12.7. The zero-order chi connectivity index (χ0) is 24.0. The lowest BCUT2D eigenvalue weighted by molar-refractivity contribution is -0.150. The Morgan fingerprint density at radius 1 is 1.00 bits per heavy atom. The summed E-state index contributed by atoms with van der Waals surface area (Å²) in [4.78, 5) is 28.1. The SMILES string of the molecule is CC1=C(O)C(=O)C=C2C1=CC=C1[C@@]2(C)CC[C@@]2(C)[C@@H]3C[C@](C)(N=C=O)CC[C@]3(C)CC[C@]12C. The van der Waals surface area contributed by atoms with Crippen molar-refractivity contribution >= 4 is 11.9 Å². The number of aliphatic hydroxyl groups is 1. The fourth-order valence-corrected chi connectivity index (χ4v) is 8.65. The standard InChI is InChI=1S/C29H37NO3/c1-18-19-7-8-22-27(4,20(19)15-21(32)24(18)33)12-14-29(6)23-16-26(3,30-17-31)11-9-25(23,2)10-13-28(22,29)5/h7-8,15,23,33H,9-14,16H2,1-6H3/t23-,25-,26-,27+,28-,29+/m1/s1. The largest absolute Gasteiger partial charge is 0.504 e. The van der Waals surface area contributed by atoms with Crippen LogP contribution < -0.4 is 0 Å². The first-order valence-corrected chi connectivity index (χ1v) is 12.5. The summed E-state index contributed by atoms with van der Waals surface area (Å²) in [5, 5.41) is 10.3. The summed E-state index contributed by atoms with van der Waals surface area (Å²) >= 11 is 0. The van der Waals surface area contributed by atoms with Crippen molar-refractivity contribution in [3.05, 3.63) is 46.3 Å². The Balaban J connectivity index is 1.64. The van der Waals surface area contributed by atoms with Gasteiger partial charge in [-0.25, -0.2) is 4.79 Å². The van der Waals surface area contributed by atoms with Crippen LogP contribution in [0.2, 0.25) is 0 Å². The Kier molecular flexibility index (Phi) is 4.58. The van der Waals surface area contributed by atoms with E-state index >= 15 is 0 Å². The summed E-state index contributed by atoms with van der Waals surface area (Å²) in [5.41, 5.74) is 4.04. The third-order valence-electron chi connectivity index (χ3n) is 11.2. The number of aliphatic hydroxyl groups excluding tert-OH is 1. The van der Waals surface area contributed by atoms with Crippen molar-refractivity contribution in [3.8, 4) is 0 Å². The molecule has 0 saturated heterocycles. The van der Waals surface area contributed by atoms with Crippen LogP contribution in [0, 0.1) is 27.6 Å². The second kappa shape index (κ2) is 6.69. The first-order valence-electron chi connectivity index (χ1n) is 12.5. The van der Waals surface area contributed by atoms with Gasteiger partial charge < -0.3 is 5.11 Å². The zero-order valence-corrected chi connectivity index (χ0v) is 21.0. The molecule has 0 radical (unpaired) electrons. The number of nitrogens with zero attached hydrogens (tertiary/aromatic N) is 1. The molecule has 0 unspecified atom stereocenters. The number of ketones is 1.